The van der Waals surface area contributed by atoms with Crippen molar-refractivity contribution in [3.8, 4) is 17.1 Å². The maximum absolute atomic E-state index is 12.0. The molecule has 0 saturated carbocycles. The van der Waals surface area contributed by atoms with Crippen LogP contribution in [0.15, 0.2) is 36.5 Å². The molecule has 3 rings (SSSR count). The van der Waals surface area contributed by atoms with Crippen LogP contribution in [0, 0.1) is 23.0 Å². The molecule has 1 unspecified atom stereocenters. The molecule has 0 aliphatic heterocycles. The molecule has 0 radical (unpaired) electrons. The Morgan fingerprint density at radius 2 is 1.84 bits per heavy atom. The summed E-state index contributed by atoms with van der Waals surface area (Å²) < 4.78 is 17.2. The van der Waals surface area contributed by atoms with Gasteiger partial charge in [0.1, 0.15) is 5.69 Å². The second-order valence-electron chi connectivity index (χ2n) is 8.82. The van der Waals surface area contributed by atoms with Crippen molar-refractivity contribution in [2.24, 2.45) is 13.0 Å². The number of carbonyl (C=O) groups is 2. The van der Waals surface area contributed by atoms with Crippen LogP contribution in [0.3, 0.4) is 0 Å². The van der Waals surface area contributed by atoms with Gasteiger partial charge in [0.05, 0.1) is 54.3 Å². The van der Waals surface area contributed by atoms with E-state index >= 15 is 0 Å². The van der Waals surface area contributed by atoms with Gasteiger partial charge in [-0.2, -0.15) is 5.10 Å². The second kappa shape index (κ2) is 12.7. The number of methoxy groups -OCH3 is 2. The topological polar surface area (TPSA) is 148 Å². The summed E-state index contributed by atoms with van der Waals surface area (Å²) in [6.45, 7) is 4.68. The van der Waals surface area contributed by atoms with Gasteiger partial charge in [0.25, 0.3) is 5.69 Å². The molecule has 0 fully saturated rings. The number of aromatic nitrogens is 3. The molecule has 0 bridgehead atoms. The number of pyridine rings is 1. The minimum absolute atomic E-state index is 0.114. The summed E-state index contributed by atoms with van der Waals surface area (Å²) >= 11 is 0. The maximum Gasteiger partial charge on any atom is 0.337 e. The van der Waals surface area contributed by atoms with E-state index in [0.717, 1.165) is 6.42 Å². The second-order valence-corrected chi connectivity index (χ2v) is 8.82. The van der Waals surface area contributed by atoms with Crippen LogP contribution in [0.4, 0.5) is 11.4 Å². The molecule has 38 heavy (non-hydrogen) atoms. The molecule has 2 aromatic heterocycles. The number of esters is 2. The number of nitrogens with zero attached hydrogens (tertiary/aromatic N) is 4. The van der Waals surface area contributed by atoms with Gasteiger partial charge >= 0.3 is 11.9 Å². The van der Waals surface area contributed by atoms with Crippen molar-refractivity contribution in [1.82, 2.24) is 14.8 Å². The SMILES string of the molecule is COC(=O)c1cc(C)nc(-c2cnn(C)c2OCCCC(C)CNc2cc(C(=O)OC)ccc2[N+](=O)[O-])c1. The van der Waals surface area contributed by atoms with Gasteiger partial charge in [-0.05, 0) is 49.9 Å². The third kappa shape index (κ3) is 6.84. The first-order valence-corrected chi connectivity index (χ1v) is 12.0. The van der Waals surface area contributed by atoms with E-state index in [1.165, 1.54) is 32.4 Å². The zero-order valence-electron chi connectivity index (χ0n) is 22.0. The van der Waals surface area contributed by atoms with Crippen LogP contribution in [-0.2, 0) is 16.5 Å². The molecule has 3 aromatic rings. The average molecular weight is 526 g/mol. The summed E-state index contributed by atoms with van der Waals surface area (Å²) in [6, 6.07) is 7.38. The lowest BCUT2D eigenvalue weighted by Gasteiger charge is -2.15. The van der Waals surface area contributed by atoms with Crippen molar-refractivity contribution in [1.29, 1.82) is 0 Å². The maximum atomic E-state index is 12.0. The van der Waals surface area contributed by atoms with Crippen LogP contribution >= 0.6 is 0 Å². The van der Waals surface area contributed by atoms with E-state index in [4.69, 9.17) is 14.2 Å². The van der Waals surface area contributed by atoms with Crippen LogP contribution in [0.25, 0.3) is 11.3 Å². The van der Waals surface area contributed by atoms with E-state index in [0.29, 0.717) is 48.0 Å². The lowest BCUT2D eigenvalue weighted by atomic mass is 10.1. The highest BCUT2D eigenvalue weighted by Gasteiger charge is 2.19. The van der Waals surface area contributed by atoms with Crippen molar-refractivity contribution in [2.45, 2.75) is 26.7 Å². The van der Waals surface area contributed by atoms with Gasteiger partial charge in [-0.25, -0.2) is 14.3 Å². The number of hydrogen-bond donors (Lipinski definition) is 1. The molecule has 0 aliphatic carbocycles. The van der Waals surface area contributed by atoms with Gasteiger partial charge in [0.2, 0.25) is 5.88 Å². The Hall–Kier alpha value is -4.48. The van der Waals surface area contributed by atoms with Crippen LogP contribution in [-0.4, -0.2) is 59.0 Å². The summed E-state index contributed by atoms with van der Waals surface area (Å²) in [5, 5.41) is 18.7. The van der Waals surface area contributed by atoms with Gasteiger partial charge in [-0.1, -0.05) is 6.92 Å². The standard InChI is InChI=1S/C26H31N5O7/c1-16(14-27-22-12-18(25(32)36-4)8-9-23(22)31(34)35)7-6-10-38-24-20(15-28-30(24)3)21-13-19(26(33)37-5)11-17(2)29-21/h8-9,11-13,15-16,27H,6-7,10,14H2,1-5H3. The monoisotopic (exact) mass is 525 g/mol. The summed E-state index contributed by atoms with van der Waals surface area (Å²) in [6.07, 6.45) is 3.13. The first-order valence-electron chi connectivity index (χ1n) is 12.0. The highest BCUT2D eigenvalue weighted by molar-refractivity contribution is 5.92. The number of rotatable bonds is 12. The highest BCUT2D eigenvalue weighted by atomic mass is 16.6. The van der Waals surface area contributed by atoms with Crippen molar-refractivity contribution >= 4 is 23.3 Å². The fourth-order valence-corrected chi connectivity index (χ4v) is 3.88. The molecule has 1 atom stereocenters. The first-order chi connectivity index (χ1) is 18.1. The summed E-state index contributed by atoms with van der Waals surface area (Å²) in [5.74, 6) is -0.329. The van der Waals surface area contributed by atoms with Crippen molar-refractivity contribution in [2.75, 3.05) is 32.7 Å². The zero-order chi connectivity index (χ0) is 27.8. The number of nitrogens with one attached hydrogen (secondary N) is 1. The number of nitro groups is 1. The Morgan fingerprint density at radius 3 is 2.53 bits per heavy atom. The Labute approximate surface area is 220 Å². The van der Waals surface area contributed by atoms with E-state index in [2.05, 4.69) is 15.4 Å². The zero-order valence-corrected chi connectivity index (χ0v) is 22.0. The largest absolute Gasteiger partial charge is 0.477 e. The Morgan fingerprint density at radius 1 is 1.13 bits per heavy atom. The predicted octanol–water partition coefficient (Wildman–Crippen LogP) is 4.18. The molecular formula is C26H31N5O7. The molecule has 12 heteroatoms. The lowest BCUT2D eigenvalue weighted by Crippen LogP contribution is -2.14. The smallest absolute Gasteiger partial charge is 0.337 e. The van der Waals surface area contributed by atoms with Gasteiger partial charge in [0, 0.05) is 25.4 Å². The van der Waals surface area contributed by atoms with E-state index in [1.807, 2.05) is 6.92 Å². The Kier molecular flexibility index (Phi) is 9.36. The fraction of sp³-hybridized carbons (Fsp3) is 0.385. The fourth-order valence-electron chi connectivity index (χ4n) is 3.88. The van der Waals surface area contributed by atoms with Gasteiger partial charge in [0.15, 0.2) is 0 Å². The molecule has 0 amide bonds. The summed E-state index contributed by atoms with van der Waals surface area (Å²) in [7, 11) is 4.35. The van der Waals surface area contributed by atoms with Crippen LogP contribution in [0.5, 0.6) is 5.88 Å². The van der Waals surface area contributed by atoms with E-state index in [9.17, 15) is 19.7 Å². The minimum atomic E-state index is -0.565. The minimum Gasteiger partial charge on any atom is -0.477 e. The number of nitro benzene ring substituents is 1. The highest BCUT2D eigenvalue weighted by Crippen LogP contribution is 2.30. The number of anilines is 1. The molecule has 2 heterocycles. The third-order valence-corrected chi connectivity index (χ3v) is 5.87. The third-order valence-electron chi connectivity index (χ3n) is 5.87. The van der Waals surface area contributed by atoms with Crippen LogP contribution < -0.4 is 10.1 Å². The number of carbonyl (C=O) groups excluding carboxylic acids is 2. The molecule has 0 aliphatic rings. The Bertz CT molecular complexity index is 1320. The predicted molar refractivity (Wildman–Crippen MR) is 139 cm³/mol. The number of benzene rings is 1. The van der Waals surface area contributed by atoms with E-state index in [-0.39, 0.29) is 22.9 Å². The molecular weight excluding hydrogens is 494 g/mol. The molecule has 12 nitrogen and oxygen atoms in total. The van der Waals surface area contributed by atoms with E-state index in [1.54, 1.807) is 37.0 Å². The molecule has 1 N–H and O–H groups in total. The average Bonchev–Trinajstić information content (AvgIpc) is 3.28. The van der Waals surface area contributed by atoms with Crippen LogP contribution in [0.1, 0.15) is 46.2 Å². The van der Waals surface area contributed by atoms with Gasteiger partial charge in [-0.15, -0.1) is 0 Å². The number of aryl methyl sites for hydroxylation is 2. The van der Waals surface area contributed by atoms with Crippen molar-refractivity contribution in [3.05, 3.63) is 63.5 Å². The van der Waals surface area contributed by atoms with Gasteiger partial charge < -0.3 is 19.5 Å². The summed E-state index contributed by atoms with van der Waals surface area (Å²) in [4.78, 5) is 39.2. The molecule has 1 aromatic carbocycles. The summed E-state index contributed by atoms with van der Waals surface area (Å²) in [5.41, 5.74) is 2.65. The van der Waals surface area contributed by atoms with Gasteiger partial charge in [-0.3, -0.25) is 15.1 Å². The Balaban J connectivity index is 1.59. The molecule has 202 valence electrons. The quantitative estimate of drug-likeness (QED) is 0.158. The number of ether oxygens (including phenoxy) is 3. The van der Waals surface area contributed by atoms with Crippen molar-refractivity contribution in [3.63, 3.8) is 0 Å². The number of hydrogen-bond acceptors (Lipinski definition) is 10. The lowest BCUT2D eigenvalue weighted by molar-refractivity contribution is -0.384. The van der Waals surface area contributed by atoms with E-state index < -0.39 is 16.9 Å². The molecule has 0 saturated heterocycles. The first kappa shape index (κ1) is 28.1. The normalized spacial score (nSPS) is 11.5. The van der Waals surface area contributed by atoms with Crippen LogP contribution in [0.2, 0.25) is 0 Å². The van der Waals surface area contributed by atoms with Crippen molar-refractivity contribution < 1.29 is 28.7 Å². The molecule has 0 spiro atoms.